The Morgan fingerprint density at radius 1 is 1.26 bits per heavy atom. The average molecular weight is 477 g/mol. The highest BCUT2D eigenvalue weighted by atomic mass is 19.1. The monoisotopic (exact) mass is 476 g/mol. The molecule has 0 radical (unpaired) electrons. The molecule has 1 aromatic carbocycles. The number of allylic oxidation sites excluding steroid dienone is 3. The number of hydrogen-bond donors (Lipinski definition) is 3. The summed E-state index contributed by atoms with van der Waals surface area (Å²) < 4.78 is 28.6. The van der Waals surface area contributed by atoms with Crippen LogP contribution < -0.4 is 16.1 Å². The van der Waals surface area contributed by atoms with Gasteiger partial charge in [-0.05, 0) is 37.5 Å². The lowest BCUT2D eigenvalue weighted by Crippen LogP contribution is -2.58. The zero-order chi connectivity index (χ0) is 24.5. The van der Waals surface area contributed by atoms with Crippen LogP contribution in [0.2, 0.25) is 0 Å². The quantitative estimate of drug-likeness (QED) is 0.605. The van der Waals surface area contributed by atoms with Gasteiger partial charge in [-0.2, -0.15) is 10.2 Å². The maximum Gasteiger partial charge on any atom is 0.250 e. The first-order valence-corrected chi connectivity index (χ1v) is 11.8. The van der Waals surface area contributed by atoms with Crippen molar-refractivity contribution in [2.24, 2.45) is 10.2 Å². The molecule has 5 aliphatic rings. The Balaban J connectivity index is 1.52. The number of carbonyl (C=O) groups excluding carboxylic acids is 1. The van der Waals surface area contributed by atoms with Gasteiger partial charge in [0.2, 0.25) is 0 Å². The summed E-state index contributed by atoms with van der Waals surface area (Å²) in [5.74, 6) is -1.28. The molecule has 1 amide bonds. The molecule has 9 heteroatoms. The maximum atomic E-state index is 14.8. The summed E-state index contributed by atoms with van der Waals surface area (Å²) in [6, 6.07) is 7.80. The fourth-order valence-electron chi connectivity index (χ4n) is 5.98. The second-order valence-electron chi connectivity index (χ2n) is 10.1. The number of hydrogen-bond acceptors (Lipinski definition) is 6. The van der Waals surface area contributed by atoms with Crippen molar-refractivity contribution in [2.45, 2.75) is 50.7 Å². The third kappa shape index (κ3) is 3.10. The number of nitrogens with zero attached hydrogens (tertiary/aromatic N) is 3. The first kappa shape index (κ1) is 21.8. The zero-order valence-electron chi connectivity index (χ0n) is 19.7. The molecule has 35 heavy (non-hydrogen) atoms. The summed E-state index contributed by atoms with van der Waals surface area (Å²) in [6.45, 7) is 6.01. The predicted octanol–water partition coefficient (Wildman–Crippen LogP) is 4.38. The molecular formula is C26H26F2N6O. The van der Waals surface area contributed by atoms with E-state index in [2.05, 4.69) is 33.2 Å². The molecular weight excluding hydrogens is 450 g/mol. The minimum absolute atomic E-state index is 0.0449. The van der Waals surface area contributed by atoms with Crippen molar-refractivity contribution in [3.63, 3.8) is 0 Å². The van der Waals surface area contributed by atoms with Crippen LogP contribution in [0.1, 0.15) is 44.7 Å². The molecule has 180 valence electrons. The number of hydrazine groups is 1. The number of carbonyl (C=O) groups is 1. The average Bonchev–Trinajstić information content (AvgIpc) is 3.44. The molecule has 6 rings (SSSR count). The van der Waals surface area contributed by atoms with Crippen LogP contribution in [0.3, 0.4) is 0 Å². The van der Waals surface area contributed by atoms with Crippen molar-refractivity contribution in [1.29, 1.82) is 0 Å². The largest absolute Gasteiger partial charge is 0.362 e. The molecule has 3 N–H and O–H groups in total. The van der Waals surface area contributed by atoms with E-state index in [0.717, 1.165) is 28.5 Å². The van der Waals surface area contributed by atoms with Gasteiger partial charge in [0, 0.05) is 41.1 Å². The van der Waals surface area contributed by atoms with Crippen LogP contribution in [-0.2, 0) is 10.2 Å². The lowest BCUT2D eigenvalue weighted by atomic mass is 9.62. The van der Waals surface area contributed by atoms with E-state index in [-0.39, 0.29) is 18.6 Å². The Hall–Kier alpha value is -3.75. The molecule has 0 saturated heterocycles. The van der Waals surface area contributed by atoms with E-state index in [1.807, 2.05) is 38.1 Å². The van der Waals surface area contributed by atoms with E-state index >= 15 is 0 Å². The van der Waals surface area contributed by atoms with Crippen LogP contribution in [0.5, 0.6) is 0 Å². The Morgan fingerprint density at radius 3 is 2.89 bits per heavy atom. The molecule has 0 spiro atoms. The Kier molecular flexibility index (Phi) is 4.58. The zero-order valence-corrected chi connectivity index (χ0v) is 19.7. The highest BCUT2D eigenvalue weighted by Gasteiger charge is 2.53. The fourth-order valence-corrected chi connectivity index (χ4v) is 5.98. The summed E-state index contributed by atoms with van der Waals surface area (Å²) in [5, 5.41) is 16.6. The smallest absolute Gasteiger partial charge is 0.250 e. The number of halogens is 2. The van der Waals surface area contributed by atoms with E-state index in [1.54, 1.807) is 12.4 Å². The molecule has 0 saturated carbocycles. The molecule has 1 unspecified atom stereocenters. The Morgan fingerprint density at radius 2 is 2.09 bits per heavy atom. The SMILES string of the molecule is CC[C@]1(c2cccc(C3=CNN4CC(F)=CC(F)=C34)c2)C2=CN=NC2NC2=C1C(=O)NC(C)(C)C2. The molecule has 1 aromatic rings. The fraction of sp³-hybridized carbons (Fsp3) is 0.346. The number of fused-ring (bicyclic) bond motifs is 2. The van der Waals surface area contributed by atoms with Gasteiger partial charge in [-0.3, -0.25) is 9.80 Å². The second-order valence-corrected chi connectivity index (χ2v) is 10.1. The molecule has 0 aliphatic carbocycles. The minimum atomic E-state index is -0.747. The number of azo groups is 1. The number of benzene rings is 1. The van der Waals surface area contributed by atoms with Gasteiger partial charge in [0.05, 0.1) is 23.7 Å². The van der Waals surface area contributed by atoms with E-state index in [1.165, 1.54) is 5.01 Å². The van der Waals surface area contributed by atoms with Crippen molar-refractivity contribution in [3.8, 4) is 0 Å². The summed E-state index contributed by atoms with van der Waals surface area (Å²) in [6.07, 6.45) is 5.29. The number of nitrogens with one attached hydrogen (secondary N) is 3. The topological polar surface area (TPSA) is 81.1 Å². The second kappa shape index (κ2) is 7.37. The van der Waals surface area contributed by atoms with E-state index in [4.69, 9.17) is 0 Å². The van der Waals surface area contributed by atoms with Gasteiger partial charge in [-0.1, -0.05) is 25.1 Å². The number of rotatable bonds is 3. The minimum Gasteiger partial charge on any atom is -0.362 e. The van der Waals surface area contributed by atoms with E-state index < -0.39 is 22.6 Å². The third-order valence-electron chi connectivity index (χ3n) is 7.41. The summed E-state index contributed by atoms with van der Waals surface area (Å²) in [5.41, 5.74) is 6.90. The van der Waals surface area contributed by atoms with Gasteiger partial charge >= 0.3 is 0 Å². The van der Waals surface area contributed by atoms with Gasteiger partial charge in [-0.25, -0.2) is 8.78 Å². The van der Waals surface area contributed by atoms with Gasteiger partial charge in [0.1, 0.15) is 11.5 Å². The first-order valence-electron chi connectivity index (χ1n) is 11.8. The molecule has 2 atom stereocenters. The summed E-state index contributed by atoms with van der Waals surface area (Å²) in [7, 11) is 0. The molecule has 5 heterocycles. The van der Waals surface area contributed by atoms with E-state index in [9.17, 15) is 13.6 Å². The van der Waals surface area contributed by atoms with Gasteiger partial charge < -0.3 is 16.1 Å². The van der Waals surface area contributed by atoms with Crippen molar-refractivity contribution >= 4 is 11.5 Å². The Bertz CT molecular complexity index is 1350. The highest BCUT2D eigenvalue weighted by Crippen LogP contribution is 2.51. The van der Waals surface area contributed by atoms with Gasteiger partial charge in [0.25, 0.3) is 5.91 Å². The Labute approximate surface area is 202 Å². The van der Waals surface area contributed by atoms with Crippen molar-refractivity contribution in [3.05, 3.63) is 88.1 Å². The van der Waals surface area contributed by atoms with Crippen molar-refractivity contribution in [2.75, 3.05) is 6.54 Å². The van der Waals surface area contributed by atoms with Gasteiger partial charge in [-0.15, -0.1) is 0 Å². The standard InChI is InChI=1S/C26H26F2N6O/c1-4-26(18-12-29-33-23(18)31-20-10-25(2,3)32-24(35)21(20)26)15-7-5-6-14(8-15)17-11-30-34-13-16(27)9-19(28)22(17)34/h5-9,11-12,23,30-31H,4,10,13H2,1-3H3,(H,32,35)/t23?,26-/m0/s1. The normalized spacial score (nSPS) is 28.4. The van der Waals surface area contributed by atoms with Crippen LogP contribution in [0.4, 0.5) is 8.78 Å². The predicted molar refractivity (Wildman–Crippen MR) is 127 cm³/mol. The summed E-state index contributed by atoms with van der Waals surface area (Å²) >= 11 is 0. The molecule has 0 fully saturated rings. The lowest BCUT2D eigenvalue weighted by molar-refractivity contribution is -0.120. The molecule has 0 bridgehead atoms. The van der Waals surface area contributed by atoms with Crippen LogP contribution in [-0.4, -0.2) is 29.2 Å². The molecule has 7 nitrogen and oxygen atoms in total. The van der Waals surface area contributed by atoms with Gasteiger partial charge in [0.15, 0.2) is 12.0 Å². The third-order valence-corrected chi connectivity index (χ3v) is 7.41. The van der Waals surface area contributed by atoms with Crippen molar-refractivity contribution in [1.82, 2.24) is 21.1 Å². The maximum absolute atomic E-state index is 14.8. The van der Waals surface area contributed by atoms with Crippen LogP contribution in [0.25, 0.3) is 5.57 Å². The van der Waals surface area contributed by atoms with Crippen LogP contribution in [0.15, 0.2) is 87.2 Å². The number of amides is 1. The van der Waals surface area contributed by atoms with E-state index in [0.29, 0.717) is 29.7 Å². The first-order chi connectivity index (χ1) is 16.7. The van der Waals surface area contributed by atoms with Crippen molar-refractivity contribution < 1.29 is 13.6 Å². The highest BCUT2D eigenvalue weighted by molar-refractivity contribution is 6.00. The summed E-state index contributed by atoms with van der Waals surface area (Å²) in [4.78, 5) is 13.6. The molecule has 0 aromatic heterocycles. The lowest BCUT2D eigenvalue weighted by Gasteiger charge is -2.48. The molecule has 5 aliphatic heterocycles. The van der Waals surface area contributed by atoms with Crippen LogP contribution in [0, 0.1) is 0 Å². The van der Waals surface area contributed by atoms with Crippen LogP contribution >= 0.6 is 0 Å².